The van der Waals surface area contributed by atoms with Crippen LogP contribution in [-0.2, 0) is 14.4 Å². The van der Waals surface area contributed by atoms with Crippen molar-refractivity contribution < 1.29 is 85.6 Å². The first-order chi connectivity index (χ1) is 13.7. The first kappa shape index (κ1) is 31.9. The summed E-state index contributed by atoms with van der Waals surface area (Å²) in [5.41, 5.74) is 0. The standard InChI is InChI=1S/C21H38N2O6.K/c1-4-5-6-7-8-19(25)22-11-14-23(15-16-24,12-9-17(2)20(26)27)13-10-18(3)21(28)29;/h4,17-18,24H,1,5-16H2,2-3H3,(H2-,22,25,26,27,28,29);/q;+1. The van der Waals surface area contributed by atoms with Gasteiger partial charge in [-0.1, -0.05) is 19.9 Å². The number of aliphatic hydroxyl groups is 1. The van der Waals surface area contributed by atoms with Crippen molar-refractivity contribution in [2.24, 2.45) is 11.8 Å². The van der Waals surface area contributed by atoms with Crippen LogP contribution in [0.5, 0.6) is 0 Å². The number of allylic oxidation sites excluding steroid dienone is 1. The van der Waals surface area contributed by atoms with Crippen LogP contribution >= 0.6 is 0 Å². The van der Waals surface area contributed by atoms with Gasteiger partial charge in [0.25, 0.3) is 0 Å². The molecule has 0 saturated carbocycles. The molecule has 0 spiro atoms. The van der Waals surface area contributed by atoms with Gasteiger partial charge in [0, 0.05) is 31.1 Å². The molecule has 0 aliphatic heterocycles. The maximum absolute atomic E-state index is 12.0. The molecule has 0 aliphatic rings. The zero-order chi connectivity index (χ0) is 22.3. The Morgan fingerprint density at radius 2 is 1.67 bits per heavy atom. The van der Waals surface area contributed by atoms with E-state index in [9.17, 15) is 24.6 Å². The minimum Gasteiger partial charge on any atom is -0.550 e. The van der Waals surface area contributed by atoms with Gasteiger partial charge in [-0.15, -0.1) is 6.58 Å². The molecule has 0 fully saturated rings. The average molecular weight is 454 g/mol. The summed E-state index contributed by atoms with van der Waals surface area (Å²) in [5, 5.41) is 32.7. The van der Waals surface area contributed by atoms with Gasteiger partial charge >= 0.3 is 57.4 Å². The monoisotopic (exact) mass is 453 g/mol. The average Bonchev–Trinajstić information content (AvgIpc) is 2.67. The quantitative estimate of drug-likeness (QED) is 0.0915. The SMILES string of the molecule is C=CCCCCC(=O)NCC[N+](CCO)(CCC(C)C(=O)[O-])CCC(C)C(=O)O.[K+]. The maximum atomic E-state index is 12.0. The molecule has 168 valence electrons. The molecule has 0 bridgehead atoms. The minimum absolute atomic E-state index is 0. The fraction of sp³-hybridized carbons (Fsp3) is 0.762. The number of carboxylic acid groups (broad SMARTS) is 2. The van der Waals surface area contributed by atoms with Crippen LogP contribution in [0.2, 0.25) is 0 Å². The van der Waals surface area contributed by atoms with Crippen LogP contribution in [0.25, 0.3) is 0 Å². The van der Waals surface area contributed by atoms with Crippen molar-refractivity contribution in [2.75, 3.05) is 39.3 Å². The number of aliphatic hydroxyl groups excluding tert-OH is 1. The van der Waals surface area contributed by atoms with Crippen LogP contribution in [0, 0.1) is 11.8 Å². The molecule has 0 aromatic carbocycles. The van der Waals surface area contributed by atoms with E-state index in [0.29, 0.717) is 56.5 Å². The number of nitrogens with one attached hydrogen (secondary N) is 1. The number of hydrogen-bond acceptors (Lipinski definition) is 5. The normalized spacial score (nSPS) is 14.6. The predicted octanol–water partition coefficient (Wildman–Crippen LogP) is -2.45. The van der Waals surface area contributed by atoms with Crippen molar-refractivity contribution in [2.45, 2.75) is 52.4 Å². The molecule has 0 rings (SSSR count). The van der Waals surface area contributed by atoms with Crippen LogP contribution in [0.3, 0.4) is 0 Å². The number of quaternary nitrogens is 1. The molecule has 0 saturated heterocycles. The van der Waals surface area contributed by atoms with E-state index in [-0.39, 0.29) is 63.9 Å². The van der Waals surface area contributed by atoms with Crippen LogP contribution < -0.4 is 61.8 Å². The molecule has 9 heteroatoms. The van der Waals surface area contributed by atoms with Crippen molar-refractivity contribution in [3.63, 3.8) is 0 Å². The molecule has 3 N–H and O–H groups in total. The van der Waals surface area contributed by atoms with Crippen LogP contribution in [0.1, 0.15) is 52.4 Å². The molecule has 0 aliphatic carbocycles. The Bertz CT molecular complexity index is 506. The van der Waals surface area contributed by atoms with Crippen molar-refractivity contribution >= 4 is 17.8 Å². The molecular formula is C21H38KN2O6+. The van der Waals surface area contributed by atoms with E-state index in [2.05, 4.69) is 11.9 Å². The number of aliphatic carboxylic acids is 2. The summed E-state index contributed by atoms with van der Waals surface area (Å²) in [6.07, 6.45) is 5.60. The van der Waals surface area contributed by atoms with Crippen molar-refractivity contribution in [1.82, 2.24) is 5.32 Å². The van der Waals surface area contributed by atoms with Gasteiger partial charge in [-0.25, -0.2) is 0 Å². The summed E-state index contributed by atoms with van der Waals surface area (Å²) in [4.78, 5) is 34.2. The second-order valence-electron chi connectivity index (χ2n) is 7.88. The fourth-order valence-electron chi connectivity index (χ4n) is 3.15. The van der Waals surface area contributed by atoms with Gasteiger partial charge in [0.1, 0.15) is 6.54 Å². The van der Waals surface area contributed by atoms with Crippen molar-refractivity contribution in [1.29, 1.82) is 0 Å². The molecule has 3 unspecified atom stereocenters. The van der Waals surface area contributed by atoms with Crippen molar-refractivity contribution in [3.05, 3.63) is 12.7 Å². The van der Waals surface area contributed by atoms with Gasteiger partial charge in [-0.3, -0.25) is 9.59 Å². The Kier molecular flexibility index (Phi) is 19.4. The van der Waals surface area contributed by atoms with Gasteiger partial charge in [-0.2, -0.15) is 0 Å². The number of carbonyl (C=O) groups excluding carboxylic acids is 2. The zero-order valence-electron chi connectivity index (χ0n) is 18.9. The Labute approximate surface area is 223 Å². The Morgan fingerprint density at radius 1 is 1.07 bits per heavy atom. The number of rotatable bonds is 18. The third-order valence-electron chi connectivity index (χ3n) is 5.44. The second kappa shape index (κ2) is 18.3. The molecular weight excluding hydrogens is 415 g/mol. The third kappa shape index (κ3) is 14.7. The van der Waals surface area contributed by atoms with Gasteiger partial charge in [-0.05, 0) is 19.3 Å². The van der Waals surface area contributed by atoms with E-state index in [1.165, 1.54) is 0 Å². The second-order valence-corrected chi connectivity index (χ2v) is 7.88. The van der Waals surface area contributed by atoms with Gasteiger partial charge in [0.2, 0.25) is 5.91 Å². The summed E-state index contributed by atoms with van der Waals surface area (Å²) in [5.74, 6) is -3.23. The van der Waals surface area contributed by atoms with Gasteiger partial charge in [0.15, 0.2) is 0 Å². The predicted molar refractivity (Wildman–Crippen MR) is 109 cm³/mol. The summed E-state index contributed by atoms with van der Waals surface area (Å²) in [7, 11) is 0. The number of hydrogen-bond donors (Lipinski definition) is 3. The number of nitrogens with zero attached hydrogens (tertiary/aromatic N) is 1. The molecule has 0 heterocycles. The molecule has 3 atom stereocenters. The molecule has 8 nitrogen and oxygen atoms in total. The van der Waals surface area contributed by atoms with Crippen LogP contribution in [0.4, 0.5) is 0 Å². The maximum Gasteiger partial charge on any atom is 1.00 e. The number of carboxylic acids is 2. The summed E-state index contributed by atoms with van der Waals surface area (Å²) in [6, 6.07) is 0. The first-order valence-corrected chi connectivity index (χ1v) is 10.4. The Morgan fingerprint density at radius 3 is 2.17 bits per heavy atom. The Balaban J connectivity index is 0. The summed E-state index contributed by atoms with van der Waals surface area (Å²) in [6.45, 7) is 8.99. The zero-order valence-corrected chi connectivity index (χ0v) is 22.0. The largest absolute Gasteiger partial charge is 1.00 e. The van der Waals surface area contributed by atoms with Crippen LogP contribution in [0.15, 0.2) is 12.7 Å². The summed E-state index contributed by atoms with van der Waals surface area (Å²) >= 11 is 0. The molecule has 0 aromatic rings. The number of unbranched alkanes of at least 4 members (excludes halogenated alkanes) is 2. The molecule has 0 radical (unpaired) electrons. The van der Waals surface area contributed by atoms with E-state index < -0.39 is 23.8 Å². The van der Waals surface area contributed by atoms with Crippen molar-refractivity contribution in [3.8, 4) is 0 Å². The van der Waals surface area contributed by atoms with E-state index in [4.69, 9.17) is 5.11 Å². The van der Waals surface area contributed by atoms with Crippen LogP contribution in [-0.4, -0.2) is 71.9 Å². The van der Waals surface area contributed by atoms with E-state index in [1.54, 1.807) is 13.8 Å². The number of amides is 1. The molecule has 1 amide bonds. The fourth-order valence-corrected chi connectivity index (χ4v) is 3.15. The molecule has 0 aromatic heterocycles. The van der Waals surface area contributed by atoms with Gasteiger partial charge < -0.3 is 29.9 Å². The van der Waals surface area contributed by atoms with E-state index in [0.717, 1.165) is 19.3 Å². The van der Waals surface area contributed by atoms with E-state index >= 15 is 0 Å². The third-order valence-corrected chi connectivity index (χ3v) is 5.44. The Hall–Kier alpha value is -0.294. The minimum atomic E-state index is -1.13. The topological polar surface area (TPSA) is 127 Å². The summed E-state index contributed by atoms with van der Waals surface area (Å²) < 4.78 is 0.364. The number of carbonyl (C=O) groups is 3. The van der Waals surface area contributed by atoms with E-state index in [1.807, 2.05) is 6.08 Å². The first-order valence-electron chi connectivity index (χ1n) is 10.4. The molecule has 30 heavy (non-hydrogen) atoms. The smallest absolute Gasteiger partial charge is 0.550 e. The van der Waals surface area contributed by atoms with Gasteiger partial charge in [0.05, 0.1) is 38.7 Å².